The molecule has 3 aromatic rings. The summed E-state index contributed by atoms with van der Waals surface area (Å²) in [6.45, 7) is 0. The molecular weight excluding hydrogens is 495 g/mol. The van der Waals surface area contributed by atoms with Gasteiger partial charge in [0.05, 0.1) is 10.6 Å². The van der Waals surface area contributed by atoms with E-state index in [1.807, 2.05) is 6.07 Å². The maximum atomic E-state index is 14.1. The van der Waals surface area contributed by atoms with E-state index in [2.05, 4.69) is 26.0 Å². The molecule has 0 heterocycles. The van der Waals surface area contributed by atoms with E-state index >= 15 is 0 Å². The fraction of sp³-hybridized carbons (Fsp3) is 0.0952. The van der Waals surface area contributed by atoms with Gasteiger partial charge in [-0.3, -0.25) is 4.79 Å². The normalized spacial score (nSPS) is 12.4. The van der Waals surface area contributed by atoms with E-state index in [0.29, 0.717) is 9.50 Å². The summed E-state index contributed by atoms with van der Waals surface area (Å²) in [5, 5.41) is 2.85. The Kier molecular flexibility index (Phi) is 7.25. The minimum Gasteiger partial charge on any atom is -0.322 e. The van der Waals surface area contributed by atoms with Crippen molar-refractivity contribution in [1.29, 1.82) is 0 Å². The fourth-order valence-electron chi connectivity index (χ4n) is 2.72. The Balaban J connectivity index is 1.87. The van der Waals surface area contributed by atoms with E-state index < -0.39 is 27.8 Å². The molecule has 3 rings (SSSR count). The van der Waals surface area contributed by atoms with E-state index in [4.69, 9.17) is 11.6 Å². The standard InChI is InChI=1S/C21H17BrClFN2O3S/c22-15-6-11-19(18(24)13-15)25-21(27)20(12-14-4-2-1-3-5-14)26-30(28,29)17-9-7-16(23)8-10-17/h1-11,13,20,26H,12H2,(H,25,27)/t20-/m1/s1. The Morgan fingerprint density at radius 1 is 1.03 bits per heavy atom. The zero-order valence-electron chi connectivity index (χ0n) is 15.5. The summed E-state index contributed by atoms with van der Waals surface area (Å²) in [5.74, 6) is -1.32. The second-order valence-corrected chi connectivity index (χ2v) is 9.50. The SMILES string of the molecule is O=C(Nc1ccc(Br)cc1F)[C@@H](Cc1ccccc1)NS(=O)(=O)c1ccc(Cl)cc1. The zero-order valence-corrected chi connectivity index (χ0v) is 18.6. The number of carbonyl (C=O) groups is 1. The molecule has 3 aromatic carbocycles. The van der Waals surface area contributed by atoms with E-state index in [9.17, 15) is 17.6 Å². The van der Waals surface area contributed by atoms with Gasteiger partial charge in [0.15, 0.2) is 0 Å². The highest BCUT2D eigenvalue weighted by Crippen LogP contribution is 2.20. The van der Waals surface area contributed by atoms with Gasteiger partial charge in [-0.2, -0.15) is 4.72 Å². The molecule has 2 N–H and O–H groups in total. The molecule has 0 spiro atoms. The third-order valence-corrected chi connectivity index (χ3v) is 6.44. The van der Waals surface area contributed by atoms with Crippen molar-refractivity contribution >= 4 is 49.1 Å². The van der Waals surface area contributed by atoms with Crippen LogP contribution >= 0.6 is 27.5 Å². The van der Waals surface area contributed by atoms with Crippen molar-refractivity contribution < 1.29 is 17.6 Å². The number of halogens is 3. The van der Waals surface area contributed by atoms with Gasteiger partial charge in [0, 0.05) is 9.50 Å². The Hall–Kier alpha value is -2.26. The minimum atomic E-state index is -4.02. The molecule has 1 atom stereocenters. The molecule has 0 bridgehead atoms. The van der Waals surface area contributed by atoms with Gasteiger partial charge in [0.2, 0.25) is 15.9 Å². The summed E-state index contributed by atoms with van der Waals surface area (Å²) in [6, 6.07) is 17.5. The first kappa shape index (κ1) is 22.4. The number of hydrogen-bond acceptors (Lipinski definition) is 3. The van der Waals surface area contributed by atoms with Crippen molar-refractivity contribution in [2.24, 2.45) is 0 Å². The van der Waals surface area contributed by atoms with Crippen LogP contribution in [0.15, 0.2) is 82.2 Å². The lowest BCUT2D eigenvalue weighted by atomic mass is 10.1. The largest absolute Gasteiger partial charge is 0.322 e. The first-order chi connectivity index (χ1) is 14.2. The van der Waals surface area contributed by atoms with Gasteiger partial charge in [0.25, 0.3) is 0 Å². The number of nitrogens with one attached hydrogen (secondary N) is 2. The molecule has 0 radical (unpaired) electrons. The molecule has 0 saturated carbocycles. The number of anilines is 1. The van der Waals surface area contributed by atoms with Crippen LogP contribution in [0.4, 0.5) is 10.1 Å². The third kappa shape index (κ3) is 5.89. The second kappa shape index (κ2) is 9.70. The summed E-state index contributed by atoms with van der Waals surface area (Å²) >= 11 is 8.98. The van der Waals surface area contributed by atoms with E-state index in [1.54, 1.807) is 30.3 Å². The van der Waals surface area contributed by atoms with Crippen LogP contribution in [0, 0.1) is 5.82 Å². The quantitative estimate of drug-likeness (QED) is 0.480. The first-order valence-electron chi connectivity index (χ1n) is 8.82. The number of hydrogen-bond donors (Lipinski definition) is 2. The van der Waals surface area contributed by atoms with Gasteiger partial charge in [-0.15, -0.1) is 0 Å². The average Bonchev–Trinajstić information content (AvgIpc) is 2.70. The molecule has 0 aliphatic rings. The monoisotopic (exact) mass is 510 g/mol. The minimum absolute atomic E-state index is 0.0346. The molecule has 0 saturated heterocycles. The van der Waals surface area contributed by atoms with E-state index in [1.165, 1.54) is 36.4 Å². The van der Waals surface area contributed by atoms with E-state index in [0.717, 1.165) is 5.56 Å². The van der Waals surface area contributed by atoms with Crippen LogP contribution in [0.2, 0.25) is 5.02 Å². The summed E-state index contributed by atoms with van der Waals surface area (Å²) in [5.41, 5.74) is 0.694. The van der Waals surface area contributed by atoms with Crippen LogP contribution in [-0.4, -0.2) is 20.4 Å². The highest BCUT2D eigenvalue weighted by molar-refractivity contribution is 9.10. The average molecular weight is 512 g/mol. The Bertz CT molecular complexity index is 1140. The highest BCUT2D eigenvalue weighted by Gasteiger charge is 2.27. The maximum absolute atomic E-state index is 14.1. The summed E-state index contributed by atoms with van der Waals surface area (Å²) in [7, 11) is -4.02. The predicted molar refractivity (Wildman–Crippen MR) is 118 cm³/mol. The second-order valence-electron chi connectivity index (χ2n) is 6.43. The van der Waals surface area contributed by atoms with E-state index in [-0.39, 0.29) is 17.0 Å². The zero-order chi connectivity index (χ0) is 21.7. The van der Waals surface area contributed by atoms with Crippen LogP contribution in [-0.2, 0) is 21.2 Å². The molecule has 0 unspecified atom stereocenters. The lowest BCUT2D eigenvalue weighted by Crippen LogP contribution is -2.45. The fourth-order valence-corrected chi connectivity index (χ4v) is 4.37. The summed E-state index contributed by atoms with van der Waals surface area (Å²) in [6.07, 6.45) is 0.0810. The topological polar surface area (TPSA) is 75.3 Å². The molecule has 1 amide bonds. The van der Waals surface area contributed by atoms with Crippen LogP contribution in [0.1, 0.15) is 5.56 Å². The van der Waals surface area contributed by atoms with Crippen LogP contribution in [0.3, 0.4) is 0 Å². The molecule has 0 fully saturated rings. The number of benzene rings is 3. The molecule has 156 valence electrons. The van der Waals surface area contributed by atoms with Crippen LogP contribution < -0.4 is 10.0 Å². The van der Waals surface area contributed by atoms with Gasteiger partial charge in [0.1, 0.15) is 11.9 Å². The van der Waals surface area contributed by atoms with Crippen molar-refractivity contribution in [3.8, 4) is 0 Å². The van der Waals surface area contributed by atoms with Gasteiger partial charge < -0.3 is 5.32 Å². The highest BCUT2D eigenvalue weighted by atomic mass is 79.9. The first-order valence-corrected chi connectivity index (χ1v) is 11.5. The lowest BCUT2D eigenvalue weighted by molar-refractivity contribution is -0.117. The number of carbonyl (C=O) groups excluding carboxylic acids is 1. The lowest BCUT2D eigenvalue weighted by Gasteiger charge is -2.19. The smallest absolute Gasteiger partial charge is 0.242 e. The van der Waals surface area contributed by atoms with Crippen molar-refractivity contribution in [1.82, 2.24) is 4.72 Å². The van der Waals surface area contributed by atoms with Gasteiger partial charge in [-0.1, -0.05) is 57.9 Å². The van der Waals surface area contributed by atoms with Gasteiger partial charge in [-0.25, -0.2) is 12.8 Å². The molecule has 5 nitrogen and oxygen atoms in total. The summed E-state index contributed by atoms with van der Waals surface area (Å²) in [4.78, 5) is 12.8. The maximum Gasteiger partial charge on any atom is 0.242 e. The Labute approximate surface area is 187 Å². The van der Waals surface area contributed by atoms with Crippen molar-refractivity contribution in [3.05, 3.63) is 93.7 Å². The molecule has 0 aliphatic carbocycles. The van der Waals surface area contributed by atoms with Crippen LogP contribution in [0.25, 0.3) is 0 Å². The van der Waals surface area contributed by atoms with Crippen molar-refractivity contribution in [2.75, 3.05) is 5.32 Å². The van der Waals surface area contributed by atoms with Crippen molar-refractivity contribution in [3.63, 3.8) is 0 Å². The molecular formula is C21H17BrClFN2O3S. The molecule has 9 heteroatoms. The number of rotatable bonds is 7. The Morgan fingerprint density at radius 3 is 2.33 bits per heavy atom. The molecule has 0 aromatic heterocycles. The van der Waals surface area contributed by atoms with Gasteiger partial charge in [-0.05, 0) is 54.4 Å². The van der Waals surface area contributed by atoms with Crippen molar-refractivity contribution in [2.45, 2.75) is 17.4 Å². The summed E-state index contributed by atoms with van der Waals surface area (Å²) < 4.78 is 42.7. The molecule has 30 heavy (non-hydrogen) atoms. The molecule has 0 aliphatic heterocycles. The number of amides is 1. The predicted octanol–water partition coefficient (Wildman–Crippen LogP) is 4.77. The Morgan fingerprint density at radius 2 is 1.70 bits per heavy atom. The number of sulfonamides is 1. The third-order valence-electron chi connectivity index (χ3n) is 4.21. The van der Waals surface area contributed by atoms with Crippen LogP contribution in [0.5, 0.6) is 0 Å². The van der Waals surface area contributed by atoms with Gasteiger partial charge >= 0.3 is 0 Å².